The van der Waals surface area contributed by atoms with Crippen molar-refractivity contribution in [3.05, 3.63) is 70.6 Å². The summed E-state index contributed by atoms with van der Waals surface area (Å²) in [6.45, 7) is 1.92. The molecule has 1 aliphatic heterocycles. The van der Waals surface area contributed by atoms with Crippen LogP contribution < -0.4 is 10.2 Å². The molecule has 3 heterocycles. The number of aromatic nitrogens is 2. The second-order valence-corrected chi connectivity index (χ2v) is 8.92. The number of fused-ring (bicyclic) bond motifs is 1. The molecule has 2 amide bonds. The summed E-state index contributed by atoms with van der Waals surface area (Å²) < 4.78 is 27.0. The van der Waals surface area contributed by atoms with Crippen molar-refractivity contribution >= 4 is 51.4 Å². The average molecular weight is 486 g/mol. The third-order valence-corrected chi connectivity index (χ3v) is 6.52. The summed E-state index contributed by atoms with van der Waals surface area (Å²) in [4.78, 5) is 26.8. The van der Waals surface area contributed by atoms with Crippen molar-refractivity contribution < 1.29 is 13.6 Å². The van der Waals surface area contributed by atoms with Crippen LogP contribution in [-0.2, 0) is 0 Å². The molecule has 0 radical (unpaired) electrons. The van der Waals surface area contributed by atoms with Gasteiger partial charge in [-0.3, -0.25) is 0 Å². The van der Waals surface area contributed by atoms with E-state index in [2.05, 4.69) is 15.2 Å². The molecule has 1 aliphatic rings. The molecular weight excluding hydrogens is 468 g/mol. The van der Waals surface area contributed by atoms with Gasteiger partial charge in [-0.25, -0.2) is 23.5 Å². The van der Waals surface area contributed by atoms with Crippen LogP contribution in [0.5, 0.6) is 0 Å². The number of hydrogen-bond acceptors (Lipinski definition) is 5. The zero-order chi connectivity index (χ0) is 22.9. The summed E-state index contributed by atoms with van der Waals surface area (Å²) in [7, 11) is 0. The van der Waals surface area contributed by atoms with Gasteiger partial charge in [0.05, 0.1) is 16.1 Å². The Balaban J connectivity index is 1.36. The number of carbonyl (C=O) groups excluding carboxylic acids is 1. The predicted octanol–water partition coefficient (Wildman–Crippen LogP) is 5.64. The standard InChI is InChI=1S/C23H18ClF2N5OS/c24-14-3-5-16-19(12-14)27-21(20-2-1-11-33-20)29-22(16)30-7-9-31(10-8-30)23(32)28-18-6-4-15(25)13-17(18)26/h1-6,11-13H,7-10H2,(H,28,32). The topological polar surface area (TPSA) is 61.4 Å². The van der Waals surface area contributed by atoms with Crippen LogP contribution >= 0.6 is 22.9 Å². The number of piperazine rings is 1. The quantitative estimate of drug-likeness (QED) is 0.407. The first-order valence-corrected chi connectivity index (χ1v) is 11.5. The third kappa shape index (κ3) is 4.46. The minimum absolute atomic E-state index is 0.0527. The van der Waals surface area contributed by atoms with Gasteiger partial charge in [-0.15, -0.1) is 11.3 Å². The number of rotatable bonds is 3. The van der Waals surface area contributed by atoms with E-state index in [9.17, 15) is 13.6 Å². The van der Waals surface area contributed by atoms with Gasteiger partial charge in [-0.1, -0.05) is 17.7 Å². The first kappa shape index (κ1) is 21.5. The van der Waals surface area contributed by atoms with Crippen LogP contribution in [0.25, 0.3) is 21.6 Å². The van der Waals surface area contributed by atoms with Crippen LogP contribution in [0.15, 0.2) is 53.9 Å². The van der Waals surface area contributed by atoms with E-state index in [0.29, 0.717) is 37.0 Å². The highest BCUT2D eigenvalue weighted by Gasteiger charge is 2.25. The van der Waals surface area contributed by atoms with Crippen molar-refractivity contribution in [1.29, 1.82) is 0 Å². The van der Waals surface area contributed by atoms with Gasteiger partial charge in [0.2, 0.25) is 0 Å². The molecule has 0 atom stereocenters. The number of amides is 2. The Labute approximate surface area is 197 Å². The number of hydrogen-bond donors (Lipinski definition) is 1. The van der Waals surface area contributed by atoms with Gasteiger partial charge >= 0.3 is 6.03 Å². The van der Waals surface area contributed by atoms with E-state index in [1.54, 1.807) is 16.2 Å². The number of thiophene rings is 1. The number of benzene rings is 2. The minimum atomic E-state index is -0.811. The minimum Gasteiger partial charge on any atom is -0.352 e. The third-order valence-electron chi connectivity index (χ3n) is 5.42. The van der Waals surface area contributed by atoms with Crippen LogP contribution in [0.1, 0.15) is 0 Å². The summed E-state index contributed by atoms with van der Waals surface area (Å²) >= 11 is 7.76. The lowest BCUT2D eigenvalue weighted by Gasteiger charge is -2.35. The van der Waals surface area contributed by atoms with Crippen molar-refractivity contribution in [2.24, 2.45) is 0 Å². The Morgan fingerprint density at radius 2 is 1.85 bits per heavy atom. The highest BCUT2D eigenvalue weighted by Crippen LogP contribution is 2.31. The van der Waals surface area contributed by atoms with Gasteiger partial charge in [-0.2, -0.15) is 0 Å². The summed E-state index contributed by atoms with van der Waals surface area (Å²) in [5.41, 5.74) is 0.700. The number of anilines is 2. The zero-order valence-electron chi connectivity index (χ0n) is 17.3. The van der Waals surface area contributed by atoms with Crippen molar-refractivity contribution in [2.45, 2.75) is 0 Å². The lowest BCUT2D eigenvalue weighted by molar-refractivity contribution is 0.208. The van der Waals surface area contributed by atoms with Crippen molar-refractivity contribution in [3.8, 4) is 10.7 Å². The average Bonchev–Trinajstić information content (AvgIpc) is 3.35. The predicted molar refractivity (Wildman–Crippen MR) is 127 cm³/mol. The molecule has 4 aromatic rings. The SMILES string of the molecule is O=C(Nc1ccc(F)cc1F)N1CCN(c2nc(-c3cccs3)nc3cc(Cl)ccc23)CC1. The summed E-state index contributed by atoms with van der Waals surface area (Å²) in [5, 5.41) is 5.96. The van der Waals surface area contributed by atoms with E-state index in [4.69, 9.17) is 16.6 Å². The maximum atomic E-state index is 13.9. The van der Waals surface area contributed by atoms with Crippen LogP contribution in [0.4, 0.5) is 25.1 Å². The van der Waals surface area contributed by atoms with Gasteiger partial charge < -0.3 is 15.1 Å². The van der Waals surface area contributed by atoms with Gasteiger partial charge in [0.25, 0.3) is 0 Å². The first-order valence-electron chi connectivity index (χ1n) is 10.2. The maximum absolute atomic E-state index is 13.9. The summed E-state index contributed by atoms with van der Waals surface area (Å²) in [6, 6.07) is 12.1. The van der Waals surface area contributed by atoms with Gasteiger partial charge in [-0.05, 0) is 41.8 Å². The van der Waals surface area contributed by atoms with E-state index in [1.807, 2.05) is 35.7 Å². The number of carbonyl (C=O) groups is 1. The summed E-state index contributed by atoms with van der Waals surface area (Å²) in [5.74, 6) is -0.0972. The fraction of sp³-hybridized carbons (Fsp3) is 0.174. The lowest BCUT2D eigenvalue weighted by atomic mass is 10.2. The van der Waals surface area contributed by atoms with Crippen LogP contribution in [0.3, 0.4) is 0 Å². The number of nitrogens with one attached hydrogen (secondary N) is 1. The molecule has 10 heteroatoms. The highest BCUT2D eigenvalue weighted by atomic mass is 35.5. The Bertz CT molecular complexity index is 1330. The lowest BCUT2D eigenvalue weighted by Crippen LogP contribution is -2.50. The summed E-state index contributed by atoms with van der Waals surface area (Å²) in [6.07, 6.45) is 0. The normalized spacial score (nSPS) is 14.0. The molecule has 0 spiro atoms. The van der Waals surface area contributed by atoms with Gasteiger partial charge in [0.15, 0.2) is 5.82 Å². The molecule has 0 aliphatic carbocycles. The molecule has 1 fully saturated rings. The zero-order valence-corrected chi connectivity index (χ0v) is 18.8. The molecule has 5 rings (SSSR count). The molecule has 0 unspecified atom stereocenters. The van der Waals surface area contributed by atoms with E-state index >= 15 is 0 Å². The molecule has 2 aromatic heterocycles. The molecule has 1 N–H and O–H groups in total. The van der Waals surface area contributed by atoms with E-state index in [0.717, 1.165) is 33.7 Å². The Hall–Kier alpha value is -3.30. The molecule has 33 heavy (non-hydrogen) atoms. The van der Waals surface area contributed by atoms with Crippen molar-refractivity contribution in [3.63, 3.8) is 0 Å². The Kier molecular flexibility index (Phi) is 5.82. The first-order chi connectivity index (χ1) is 16.0. The van der Waals surface area contributed by atoms with Gasteiger partial charge in [0.1, 0.15) is 17.5 Å². The van der Waals surface area contributed by atoms with Crippen molar-refractivity contribution in [2.75, 3.05) is 36.4 Å². The second kappa shape index (κ2) is 8.92. The molecule has 0 saturated carbocycles. The smallest absolute Gasteiger partial charge is 0.322 e. The van der Waals surface area contributed by atoms with Crippen LogP contribution in [0, 0.1) is 11.6 Å². The molecule has 168 valence electrons. The van der Waals surface area contributed by atoms with Crippen LogP contribution in [0.2, 0.25) is 5.02 Å². The largest absolute Gasteiger partial charge is 0.352 e. The molecule has 0 bridgehead atoms. The maximum Gasteiger partial charge on any atom is 0.322 e. The van der Waals surface area contributed by atoms with E-state index in [-0.39, 0.29) is 5.69 Å². The number of nitrogens with zero attached hydrogens (tertiary/aromatic N) is 4. The fourth-order valence-corrected chi connectivity index (χ4v) is 4.57. The van der Waals surface area contributed by atoms with E-state index < -0.39 is 17.7 Å². The second-order valence-electron chi connectivity index (χ2n) is 7.54. The molecule has 6 nitrogen and oxygen atoms in total. The van der Waals surface area contributed by atoms with Gasteiger partial charge in [0, 0.05) is 42.7 Å². The monoisotopic (exact) mass is 485 g/mol. The van der Waals surface area contributed by atoms with E-state index in [1.165, 1.54) is 6.07 Å². The van der Waals surface area contributed by atoms with Crippen molar-refractivity contribution in [1.82, 2.24) is 14.9 Å². The Morgan fingerprint density at radius 1 is 1.03 bits per heavy atom. The number of halogens is 3. The van der Waals surface area contributed by atoms with Crippen LogP contribution in [-0.4, -0.2) is 47.1 Å². The molecule has 2 aromatic carbocycles. The fourth-order valence-electron chi connectivity index (χ4n) is 3.75. The molecular formula is C23H18ClF2N5OS. The highest BCUT2D eigenvalue weighted by molar-refractivity contribution is 7.13. The Morgan fingerprint density at radius 3 is 2.58 bits per heavy atom. The molecule has 1 saturated heterocycles. The number of urea groups is 1.